The number of anilines is 2. The average molecular weight is 418 g/mol. The third kappa shape index (κ3) is 3.07. The van der Waals surface area contributed by atoms with Crippen molar-refractivity contribution in [2.75, 3.05) is 29.9 Å². The molecule has 0 bridgehead atoms. The second-order valence-electron chi connectivity index (χ2n) is 8.59. The number of carbonyl (C=O) groups excluding carboxylic acids is 3. The van der Waals surface area contributed by atoms with Crippen molar-refractivity contribution in [3.8, 4) is 0 Å². The minimum atomic E-state index is -0.678. The second-order valence-corrected chi connectivity index (χ2v) is 8.59. The summed E-state index contributed by atoms with van der Waals surface area (Å²) >= 11 is 0. The van der Waals surface area contributed by atoms with E-state index in [0.29, 0.717) is 18.8 Å². The van der Waals surface area contributed by atoms with E-state index in [-0.39, 0.29) is 23.8 Å². The van der Waals surface area contributed by atoms with Crippen LogP contribution in [0.2, 0.25) is 0 Å². The Balaban J connectivity index is 1.51. The largest absolute Gasteiger partial charge is 0.324 e. The second kappa shape index (κ2) is 7.59. The van der Waals surface area contributed by atoms with Gasteiger partial charge in [0.05, 0.1) is 17.5 Å². The normalized spacial score (nSPS) is 27.9. The first-order chi connectivity index (χ1) is 15.0. The summed E-state index contributed by atoms with van der Waals surface area (Å²) in [5.74, 6) is -1.90. The number of para-hydroxylation sites is 1. The molecule has 0 radical (unpaired) electrons. The highest BCUT2D eigenvalue weighted by Gasteiger charge is 2.64. The molecule has 2 unspecified atom stereocenters. The lowest BCUT2D eigenvalue weighted by Gasteiger charge is -2.36. The van der Waals surface area contributed by atoms with Crippen LogP contribution in [0.15, 0.2) is 48.5 Å². The molecule has 3 amide bonds. The Morgan fingerprint density at radius 2 is 1.74 bits per heavy atom. The number of imide groups is 1. The zero-order chi connectivity index (χ0) is 21.7. The molecule has 3 saturated heterocycles. The smallest absolute Gasteiger partial charge is 0.242 e. The molecule has 3 heterocycles. The number of nitrogens with one attached hydrogen (secondary N) is 2. The molecule has 2 aromatic carbocycles. The van der Waals surface area contributed by atoms with Crippen LogP contribution in [-0.2, 0) is 14.4 Å². The number of hydrogen-bond acceptors (Lipinski definition) is 5. The molecule has 7 heteroatoms. The van der Waals surface area contributed by atoms with E-state index in [2.05, 4.69) is 15.5 Å². The van der Waals surface area contributed by atoms with Gasteiger partial charge in [0.15, 0.2) is 0 Å². The summed E-state index contributed by atoms with van der Waals surface area (Å²) in [6, 6.07) is 13.9. The lowest BCUT2D eigenvalue weighted by Crippen LogP contribution is -2.57. The van der Waals surface area contributed by atoms with Gasteiger partial charge in [-0.05, 0) is 43.2 Å². The Hall–Kier alpha value is -3.03. The molecule has 0 spiro atoms. The lowest BCUT2D eigenvalue weighted by atomic mass is 9.89. The van der Waals surface area contributed by atoms with Crippen molar-refractivity contribution in [3.05, 3.63) is 59.7 Å². The van der Waals surface area contributed by atoms with Gasteiger partial charge in [0.25, 0.3) is 0 Å². The molecule has 5 rings (SSSR count). The van der Waals surface area contributed by atoms with Gasteiger partial charge in [-0.25, -0.2) is 4.90 Å². The summed E-state index contributed by atoms with van der Waals surface area (Å²) in [6.07, 6.45) is 0. The van der Waals surface area contributed by atoms with Gasteiger partial charge in [-0.1, -0.05) is 30.3 Å². The maximum absolute atomic E-state index is 13.5. The fourth-order valence-corrected chi connectivity index (χ4v) is 5.31. The minimum Gasteiger partial charge on any atom is -0.324 e. The molecule has 2 N–H and O–H groups in total. The van der Waals surface area contributed by atoms with Crippen LogP contribution < -0.4 is 15.5 Å². The predicted octanol–water partition coefficient (Wildman–Crippen LogP) is 1.70. The third-order valence-corrected chi connectivity index (χ3v) is 6.98. The van der Waals surface area contributed by atoms with Crippen LogP contribution in [0, 0.1) is 25.7 Å². The molecule has 3 aliphatic rings. The molecule has 7 nitrogen and oxygen atoms in total. The van der Waals surface area contributed by atoms with Crippen LogP contribution in [-0.4, -0.2) is 54.3 Å². The van der Waals surface area contributed by atoms with E-state index in [4.69, 9.17) is 0 Å². The molecule has 31 heavy (non-hydrogen) atoms. The fraction of sp³-hybridized carbons (Fsp3) is 0.375. The highest BCUT2D eigenvalue weighted by Crippen LogP contribution is 2.44. The van der Waals surface area contributed by atoms with Crippen molar-refractivity contribution in [1.82, 2.24) is 10.2 Å². The number of amides is 3. The first-order valence-corrected chi connectivity index (χ1v) is 10.8. The lowest BCUT2D eigenvalue weighted by molar-refractivity contribution is -0.129. The van der Waals surface area contributed by atoms with Gasteiger partial charge in [-0.2, -0.15) is 0 Å². The van der Waals surface area contributed by atoms with Crippen molar-refractivity contribution < 1.29 is 14.4 Å². The summed E-state index contributed by atoms with van der Waals surface area (Å²) < 4.78 is 0. The topological polar surface area (TPSA) is 81.8 Å². The molecule has 3 aliphatic heterocycles. The maximum Gasteiger partial charge on any atom is 0.242 e. The van der Waals surface area contributed by atoms with E-state index in [1.54, 1.807) is 12.1 Å². The highest BCUT2D eigenvalue weighted by atomic mass is 16.2. The number of carbonyl (C=O) groups is 3. The number of rotatable bonds is 3. The van der Waals surface area contributed by atoms with Crippen LogP contribution in [0.1, 0.15) is 11.1 Å². The maximum atomic E-state index is 13.5. The Kier molecular flexibility index (Phi) is 4.87. The molecular formula is C24H26N4O3. The number of nitrogens with zero attached hydrogens (tertiary/aromatic N) is 2. The minimum absolute atomic E-state index is 0.168. The summed E-state index contributed by atoms with van der Waals surface area (Å²) in [7, 11) is 0. The summed E-state index contributed by atoms with van der Waals surface area (Å²) in [6.45, 7) is 5.93. The quantitative estimate of drug-likeness (QED) is 0.742. The third-order valence-electron chi connectivity index (χ3n) is 6.98. The van der Waals surface area contributed by atoms with E-state index in [9.17, 15) is 14.4 Å². The summed E-state index contributed by atoms with van der Waals surface area (Å²) in [4.78, 5) is 43.8. The molecule has 2 aromatic rings. The van der Waals surface area contributed by atoms with Gasteiger partial charge in [0.1, 0.15) is 6.04 Å². The molecule has 4 atom stereocenters. The number of benzene rings is 2. The van der Waals surface area contributed by atoms with Crippen LogP contribution in [0.25, 0.3) is 0 Å². The van der Waals surface area contributed by atoms with E-state index < -0.39 is 17.9 Å². The van der Waals surface area contributed by atoms with Gasteiger partial charge in [-0.15, -0.1) is 0 Å². The van der Waals surface area contributed by atoms with Crippen LogP contribution >= 0.6 is 0 Å². The molecule has 0 aromatic heterocycles. The summed E-state index contributed by atoms with van der Waals surface area (Å²) in [5, 5.41) is 6.37. The molecular weight excluding hydrogens is 392 g/mol. The van der Waals surface area contributed by atoms with Gasteiger partial charge in [-0.3, -0.25) is 19.3 Å². The van der Waals surface area contributed by atoms with Gasteiger partial charge in [0.2, 0.25) is 17.7 Å². The SMILES string of the molecule is Cc1cccc(NC(=O)[C@@H]2[C@H]3C(=O)N(c4ccccc4)C(=O)C3C3CNCCN32)c1C. The zero-order valence-corrected chi connectivity index (χ0v) is 17.7. The van der Waals surface area contributed by atoms with Crippen LogP contribution in [0.3, 0.4) is 0 Å². The van der Waals surface area contributed by atoms with E-state index >= 15 is 0 Å². The van der Waals surface area contributed by atoms with Crippen molar-refractivity contribution in [1.29, 1.82) is 0 Å². The molecule has 0 aliphatic carbocycles. The fourth-order valence-electron chi connectivity index (χ4n) is 5.31. The molecule has 160 valence electrons. The van der Waals surface area contributed by atoms with Crippen molar-refractivity contribution in [2.24, 2.45) is 11.8 Å². The Morgan fingerprint density at radius 3 is 2.52 bits per heavy atom. The number of fused-ring (bicyclic) bond motifs is 3. The Labute approximate surface area is 181 Å². The van der Waals surface area contributed by atoms with Crippen LogP contribution in [0.4, 0.5) is 11.4 Å². The van der Waals surface area contributed by atoms with E-state index in [1.807, 2.05) is 50.2 Å². The van der Waals surface area contributed by atoms with Crippen LogP contribution in [0.5, 0.6) is 0 Å². The van der Waals surface area contributed by atoms with Gasteiger partial charge in [0, 0.05) is 31.4 Å². The van der Waals surface area contributed by atoms with E-state index in [0.717, 1.165) is 23.4 Å². The number of piperazine rings is 1. The van der Waals surface area contributed by atoms with Crippen molar-refractivity contribution >= 4 is 29.1 Å². The Bertz CT molecular complexity index is 1050. The monoisotopic (exact) mass is 418 g/mol. The first kappa shape index (κ1) is 19.9. The predicted molar refractivity (Wildman–Crippen MR) is 118 cm³/mol. The average Bonchev–Trinajstić information content (AvgIpc) is 3.25. The standard InChI is InChI=1S/C24H26N4O3/c1-14-7-6-10-17(15(14)2)26-22(29)21-20-19(18-13-25-11-12-27(18)21)23(30)28(24(20)31)16-8-4-3-5-9-16/h3-10,18-21,25H,11-13H2,1-2H3,(H,26,29)/t18?,19?,20-,21-/m0/s1. The molecule has 0 saturated carbocycles. The van der Waals surface area contributed by atoms with E-state index in [1.165, 1.54) is 4.90 Å². The first-order valence-electron chi connectivity index (χ1n) is 10.8. The number of aryl methyl sites for hydroxylation is 1. The van der Waals surface area contributed by atoms with Crippen molar-refractivity contribution in [2.45, 2.75) is 25.9 Å². The van der Waals surface area contributed by atoms with Crippen molar-refractivity contribution in [3.63, 3.8) is 0 Å². The number of hydrogen-bond donors (Lipinski definition) is 2. The van der Waals surface area contributed by atoms with Gasteiger partial charge < -0.3 is 10.6 Å². The zero-order valence-electron chi connectivity index (χ0n) is 17.7. The molecule has 3 fully saturated rings. The van der Waals surface area contributed by atoms with Gasteiger partial charge >= 0.3 is 0 Å². The highest BCUT2D eigenvalue weighted by molar-refractivity contribution is 6.24. The Morgan fingerprint density at radius 1 is 1.00 bits per heavy atom. The summed E-state index contributed by atoms with van der Waals surface area (Å²) in [5.41, 5.74) is 3.40.